The topological polar surface area (TPSA) is 108 Å². The van der Waals surface area contributed by atoms with Gasteiger partial charge in [0.2, 0.25) is 5.95 Å². The Morgan fingerprint density at radius 3 is 2.84 bits per heavy atom. The van der Waals surface area contributed by atoms with E-state index in [4.69, 9.17) is 19.2 Å². The number of nitrogens with one attached hydrogen (secondary N) is 1. The first-order valence-corrected chi connectivity index (χ1v) is 10.6. The third-order valence-electron chi connectivity index (χ3n) is 5.21. The molecule has 0 aliphatic carbocycles. The van der Waals surface area contributed by atoms with Crippen molar-refractivity contribution in [3.63, 3.8) is 0 Å². The van der Waals surface area contributed by atoms with Crippen LogP contribution in [-0.2, 0) is 20.8 Å². The van der Waals surface area contributed by atoms with Crippen LogP contribution in [0.15, 0.2) is 30.3 Å². The molecule has 1 aromatic carbocycles. The van der Waals surface area contributed by atoms with Gasteiger partial charge < -0.3 is 29.2 Å². The maximum atomic E-state index is 12.2. The van der Waals surface area contributed by atoms with Gasteiger partial charge >= 0.3 is 5.97 Å². The minimum Gasteiger partial charge on any atom is -0.506 e. The van der Waals surface area contributed by atoms with E-state index in [1.54, 1.807) is 31.2 Å². The molecule has 0 saturated carbocycles. The zero-order valence-corrected chi connectivity index (χ0v) is 18.7. The lowest BCUT2D eigenvalue weighted by molar-refractivity contribution is -0.136. The second-order valence-electron chi connectivity index (χ2n) is 8.20. The second kappa shape index (κ2) is 8.76. The van der Waals surface area contributed by atoms with Gasteiger partial charge in [0.15, 0.2) is 5.79 Å². The molecule has 1 aliphatic rings. The molecule has 0 unspecified atom stereocenters. The van der Waals surface area contributed by atoms with Gasteiger partial charge in [-0.25, -0.2) is 9.78 Å². The molecule has 4 rings (SSSR count). The first-order chi connectivity index (χ1) is 15.3. The van der Waals surface area contributed by atoms with Crippen LogP contribution in [0.25, 0.3) is 11.0 Å². The number of aryl methyl sites for hydroxylation is 1. The van der Waals surface area contributed by atoms with Crippen LogP contribution in [0.2, 0.25) is 0 Å². The number of aromatic nitrogens is 3. The first kappa shape index (κ1) is 22.0. The molecule has 2 N–H and O–H groups in total. The fourth-order valence-electron chi connectivity index (χ4n) is 3.70. The smallest absolute Gasteiger partial charge is 0.338 e. The van der Waals surface area contributed by atoms with Gasteiger partial charge in [-0.3, -0.25) is 4.98 Å². The normalized spacial score (nSPS) is 17.6. The van der Waals surface area contributed by atoms with Crippen LogP contribution in [0.3, 0.4) is 0 Å². The van der Waals surface area contributed by atoms with Crippen LogP contribution in [0.5, 0.6) is 5.75 Å². The number of pyridine rings is 1. The monoisotopic (exact) mass is 440 g/mol. The van der Waals surface area contributed by atoms with Crippen molar-refractivity contribution >= 4 is 23.0 Å². The molecule has 0 bridgehead atoms. The predicted octanol–water partition coefficient (Wildman–Crippen LogP) is 3.23. The summed E-state index contributed by atoms with van der Waals surface area (Å²) in [6.07, 6.45) is -0.126. The molecule has 9 nitrogen and oxygen atoms in total. The highest BCUT2D eigenvalue weighted by Gasteiger charge is 2.32. The molecular weight excluding hydrogens is 412 g/mol. The zero-order chi connectivity index (χ0) is 22.9. The highest BCUT2D eigenvalue weighted by atomic mass is 16.7. The molecule has 2 aromatic heterocycles. The highest BCUT2D eigenvalue weighted by Crippen LogP contribution is 2.27. The summed E-state index contributed by atoms with van der Waals surface area (Å²) in [6.45, 7) is 8.98. The van der Waals surface area contributed by atoms with E-state index in [0.717, 1.165) is 11.2 Å². The number of hydrogen-bond acceptors (Lipinski definition) is 8. The lowest BCUT2D eigenvalue weighted by Gasteiger charge is -2.18. The van der Waals surface area contributed by atoms with E-state index in [9.17, 15) is 9.90 Å². The van der Waals surface area contributed by atoms with Crippen molar-refractivity contribution in [2.45, 2.75) is 46.1 Å². The Bertz CT molecular complexity index is 1140. The van der Waals surface area contributed by atoms with E-state index in [-0.39, 0.29) is 11.9 Å². The van der Waals surface area contributed by atoms with E-state index < -0.39 is 11.8 Å². The SMILES string of the molecule is CCOC(=O)c1ccc2c(c1)nc(NC[C@H]1COC(C)(C)O1)n2Cc1nc(C)ccc1O. The molecule has 0 amide bonds. The van der Waals surface area contributed by atoms with Crippen LogP contribution < -0.4 is 5.32 Å². The Labute approximate surface area is 186 Å². The van der Waals surface area contributed by atoms with Gasteiger partial charge in [0.25, 0.3) is 0 Å². The molecule has 1 saturated heterocycles. The summed E-state index contributed by atoms with van der Waals surface area (Å²) >= 11 is 0. The number of ether oxygens (including phenoxy) is 3. The third-order valence-corrected chi connectivity index (χ3v) is 5.21. The average Bonchev–Trinajstić information content (AvgIpc) is 3.28. The summed E-state index contributed by atoms with van der Waals surface area (Å²) in [6, 6.07) is 8.63. The highest BCUT2D eigenvalue weighted by molar-refractivity contribution is 5.94. The van der Waals surface area contributed by atoms with Gasteiger partial charge in [-0.2, -0.15) is 0 Å². The lowest BCUT2D eigenvalue weighted by Crippen LogP contribution is -2.26. The summed E-state index contributed by atoms with van der Waals surface area (Å²) in [5.41, 5.74) is 3.20. The van der Waals surface area contributed by atoms with Crippen LogP contribution in [0, 0.1) is 6.92 Å². The van der Waals surface area contributed by atoms with Crippen LogP contribution in [-0.4, -0.2) is 57.3 Å². The summed E-state index contributed by atoms with van der Waals surface area (Å²) in [4.78, 5) is 21.3. The van der Waals surface area contributed by atoms with E-state index in [1.165, 1.54) is 0 Å². The van der Waals surface area contributed by atoms with Gasteiger partial charge in [-0.05, 0) is 58.0 Å². The van der Waals surface area contributed by atoms with Crippen molar-refractivity contribution in [3.05, 3.63) is 47.3 Å². The Balaban J connectivity index is 1.68. The fourth-order valence-corrected chi connectivity index (χ4v) is 3.70. The minimum absolute atomic E-state index is 0.112. The summed E-state index contributed by atoms with van der Waals surface area (Å²) in [5.74, 6) is -0.314. The maximum absolute atomic E-state index is 12.2. The average molecular weight is 441 g/mol. The Hall–Kier alpha value is -3.17. The summed E-state index contributed by atoms with van der Waals surface area (Å²) in [7, 11) is 0. The fraction of sp³-hybridized carbons (Fsp3) is 0.435. The molecule has 1 aliphatic heterocycles. The number of carbonyl (C=O) groups is 1. The van der Waals surface area contributed by atoms with Crippen molar-refractivity contribution in [1.82, 2.24) is 14.5 Å². The van der Waals surface area contributed by atoms with Crippen molar-refractivity contribution < 1.29 is 24.1 Å². The number of nitrogens with zero attached hydrogens (tertiary/aromatic N) is 3. The largest absolute Gasteiger partial charge is 0.506 e. The van der Waals surface area contributed by atoms with Crippen molar-refractivity contribution in [1.29, 1.82) is 0 Å². The number of hydrogen-bond donors (Lipinski definition) is 2. The minimum atomic E-state index is -0.613. The van der Waals surface area contributed by atoms with Crippen LogP contribution in [0.1, 0.15) is 42.5 Å². The Morgan fingerprint density at radius 1 is 1.31 bits per heavy atom. The summed E-state index contributed by atoms with van der Waals surface area (Å²) in [5, 5.41) is 13.7. The molecule has 170 valence electrons. The van der Waals surface area contributed by atoms with E-state index in [2.05, 4.69) is 10.3 Å². The Kier molecular flexibility index (Phi) is 6.03. The van der Waals surface area contributed by atoms with Gasteiger partial charge in [0.05, 0.1) is 36.4 Å². The number of aromatic hydroxyl groups is 1. The third kappa shape index (κ3) is 4.68. The van der Waals surface area contributed by atoms with Crippen molar-refractivity contribution in [3.8, 4) is 5.75 Å². The number of rotatable bonds is 7. The van der Waals surface area contributed by atoms with Gasteiger partial charge in [-0.1, -0.05) is 0 Å². The number of benzene rings is 1. The molecule has 9 heteroatoms. The standard InChI is InChI=1S/C23H28N4O5/c1-5-30-21(29)15-7-8-19-17(10-15)26-22(24-11-16-13-31-23(3,4)32-16)27(19)12-18-20(28)9-6-14(2)25-18/h6-10,16,28H,5,11-13H2,1-4H3,(H,24,26)/t16-/m0/s1. The first-order valence-electron chi connectivity index (χ1n) is 10.6. The Morgan fingerprint density at radius 2 is 2.12 bits per heavy atom. The number of fused-ring (bicyclic) bond motifs is 1. The van der Waals surface area contributed by atoms with Gasteiger partial charge in [-0.15, -0.1) is 0 Å². The molecule has 3 aromatic rings. The number of esters is 1. The molecule has 0 spiro atoms. The van der Waals surface area contributed by atoms with E-state index >= 15 is 0 Å². The molecule has 0 radical (unpaired) electrons. The zero-order valence-electron chi connectivity index (χ0n) is 18.7. The van der Waals surface area contributed by atoms with Crippen LogP contribution >= 0.6 is 0 Å². The van der Waals surface area contributed by atoms with Gasteiger partial charge in [0, 0.05) is 12.2 Å². The lowest BCUT2D eigenvalue weighted by atomic mass is 10.2. The van der Waals surface area contributed by atoms with Crippen molar-refractivity contribution in [2.24, 2.45) is 0 Å². The van der Waals surface area contributed by atoms with Gasteiger partial charge in [0.1, 0.15) is 17.5 Å². The molecule has 32 heavy (non-hydrogen) atoms. The number of anilines is 1. The molecule has 1 atom stereocenters. The molecule has 3 heterocycles. The quantitative estimate of drug-likeness (QED) is 0.539. The van der Waals surface area contributed by atoms with Crippen LogP contribution in [0.4, 0.5) is 5.95 Å². The number of imidazole rings is 1. The molecule has 1 fully saturated rings. The number of carbonyl (C=O) groups excluding carboxylic acids is 1. The second-order valence-corrected chi connectivity index (χ2v) is 8.20. The predicted molar refractivity (Wildman–Crippen MR) is 119 cm³/mol. The maximum Gasteiger partial charge on any atom is 0.338 e. The summed E-state index contributed by atoms with van der Waals surface area (Å²) < 4.78 is 18.5. The molecular formula is C23H28N4O5. The van der Waals surface area contributed by atoms with E-state index in [1.807, 2.05) is 31.4 Å². The van der Waals surface area contributed by atoms with Crippen molar-refractivity contribution in [2.75, 3.05) is 25.1 Å². The van der Waals surface area contributed by atoms with E-state index in [0.29, 0.717) is 49.0 Å².